The molecule has 158 valence electrons. The number of anilines is 1. The first-order valence-corrected chi connectivity index (χ1v) is 10.8. The fourth-order valence-electron chi connectivity index (χ4n) is 3.68. The lowest BCUT2D eigenvalue weighted by molar-refractivity contribution is -0.117. The summed E-state index contributed by atoms with van der Waals surface area (Å²) in [7, 11) is 1.59. The van der Waals surface area contributed by atoms with E-state index in [-0.39, 0.29) is 24.6 Å². The number of carbonyl (C=O) groups is 1. The summed E-state index contributed by atoms with van der Waals surface area (Å²) in [6.45, 7) is 0.224. The van der Waals surface area contributed by atoms with Gasteiger partial charge in [0.1, 0.15) is 11.6 Å². The molecule has 2 aromatic carbocycles. The van der Waals surface area contributed by atoms with Gasteiger partial charge in [0.15, 0.2) is 0 Å². The maximum Gasteiger partial charge on any atom is 0.245 e. The van der Waals surface area contributed by atoms with E-state index in [0.717, 1.165) is 18.4 Å². The molecule has 2 heterocycles. The van der Waals surface area contributed by atoms with Crippen LogP contribution in [0.25, 0.3) is 10.1 Å². The van der Waals surface area contributed by atoms with Gasteiger partial charge in [0.25, 0.3) is 0 Å². The molecule has 1 saturated carbocycles. The first-order valence-electron chi connectivity index (χ1n) is 9.99. The van der Waals surface area contributed by atoms with E-state index in [1.54, 1.807) is 19.2 Å². The number of para-hydroxylation sites is 1. The van der Waals surface area contributed by atoms with Crippen LogP contribution in [0.4, 0.5) is 10.1 Å². The molecule has 31 heavy (non-hydrogen) atoms. The van der Waals surface area contributed by atoms with E-state index in [0.29, 0.717) is 39.1 Å². The largest absolute Gasteiger partial charge is 0.497 e. The number of amides is 1. The van der Waals surface area contributed by atoms with Crippen LogP contribution in [0.3, 0.4) is 0 Å². The number of ether oxygens (including phenoxy) is 1. The smallest absolute Gasteiger partial charge is 0.245 e. The predicted octanol–water partition coefficient (Wildman–Crippen LogP) is 5.29. The Labute approximate surface area is 186 Å². The van der Waals surface area contributed by atoms with Crippen LogP contribution in [0.5, 0.6) is 5.75 Å². The van der Waals surface area contributed by atoms with Gasteiger partial charge in [-0.3, -0.25) is 4.79 Å². The second-order valence-corrected chi connectivity index (χ2v) is 8.45. The second kappa shape index (κ2) is 7.92. The summed E-state index contributed by atoms with van der Waals surface area (Å²) >= 11 is 3.59. The molecular formula is C23H19BrFN3O3. The summed E-state index contributed by atoms with van der Waals surface area (Å²) in [5.41, 5.74) is 2.22. The number of fused-ring (bicyclic) bond motifs is 1. The lowest BCUT2D eigenvalue weighted by Gasteiger charge is -2.24. The number of hydrogen-bond donors (Lipinski definition) is 0. The summed E-state index contributed by atoms with van der Waals surface area (Å²) in [6, 6.07) is 12.1. The lowest BCUT2D eigenvalue weighted by atomic mass is 10.1. The van der Waals surface area contributed by atoms with Crippen molar-refractivity contribution in [3.8, 4) is 5.75 Å². The molecule has 0 N–H and O–H groups in total. The van der Waals surface area contributed by atoms with Crippen LogP contribution in [-0.2, 0) is 11.3 Å². The number of halogens is 2. The highest BCUT2D eigenvalue weighted by Crippen LogP contribution is 2.44. The molecule has 5 rings (SSSR count). The third-order valence-corrected chi connectivity index (χ3v) is 6.42. The molecule has 0 radical (unpaired) electrons. The number of rotatable bonds is 5. The van der Waals surface area contributed by atoms with Crippen molar-refractivity contribution in [1.29, 1.82) is 0 Å². The summed E-state index contributed by atoms with van der Waals surface area (Å²) in [6.07, 6.45) is 2.08. The van der Waals surface area contributed by atoms with E-state index in [1.165, 1.54) is 11.0 Å². The van der Waals surface area contributed by atoms with Crippen LogP contribution in [-0.4, -0.2) is 23.2 Å². The van der Waals surface area contributed by atoms with Crippen molar-refractivity contribution in [2.24, 2.45) is 0 Å². The topological polar surface area (TPSA) is 68.5 Å². The van der Waals surface area contributed by atoms with Crippen molar-refractivity contribution < 1.29 is 18.3 Å². The van der Waals surface area contributed by atoms with Gasteiger partial charge in [-0.25, -0.2) is 4.39 Å². The summed E-state index contributed by atoms with van der Waals surface area (Å²) in [5, 5.41) is 8.31. The first-order chi connectivity index (χ1) is 15.0. The lowest BCUT2D eigenvalue weighted by Crippen LogP contribution is -2.31. The van der Waals surface area contributed by atoms with Gasteiger partial charge >= 0.3 is 0 Å². The molecule has 0 atom stereocenters. The summed E-state index contributed by atoms with van der Waals surface area (Å²) in [5.74, 6) is 1.18. The van der Waals surface area contributed by atoms with Gasteiger partial charge in [-0.1, -0.05) is 24.3 Å². The van der Waals surface area contributed by atoms with Crippen molar-refractivity contribution in [2.75, 3.05) is 12.0 Å². The summed E-state index contributed by atoms with van der Waals surface area (Å²) < 4.78 is 26.6. The van der Waals surface area contributed by atoms with Gasteiger partial charge in [-0.05, 0) is 52.5 Å². The molecule has 3 aromatic rings. The molecule has 0 saturated heterocycles. The van der Waals surface area contributed by atoms with E-state index >= 15 is 4.39 Å². The Morgan fingerprint density at radius 2 is 1.97 bits per heavy atom. The number of carbonyl (C=O) groups excluding carboxylic acids is 1. The second-order valence-electron chi connectivity index (χ2n) is 7.65. The number of benzene rings is 2. The van der Waals surface area contributed by atoms with Crippen molar-refractivity contribution in [3.05, 3.63) is 71.2 Å². The normalized spacial score (nSPS) is 16.4. The Morgan fingerprint density at radius 3 is 2.68 bits per heavy atom. The van der Waals surface area contributed by atoms with Crippen molar-refractivity contribution in [3.63, 3.8) is 0 Å². The number of hydrogen-bond acceptors (Lipinski definition) is 5. The SMILES string of the molecule is COc1ccc(CN2C(=O)CC(c3nnc(C4CC4)o3)=C(Br)c3cccc(F)c32)cc1. The molecule has 8 heteroatoms. The maximum absolute atomic E-state index is 15.0. The zero-order valence-electron chi connectivity index (χ0n) is 16.8. The van der Waals surface area contributed by atoms with Crippen LogP contribution >= 0.6 is 15.9 Å². The summed E-state index contributed by atoms with van der Waals surface area (Å²) in [4.78, 5) is 14.8. The van der Waals surface area contributed by atoms with Crippen molar-refractivity contribution in [1.82, 2.24) is 10.2 Å². The van der Waals surface area contributed by atoms with Crippen LogP contribution in [0.2, 0.25) is 0 Å². The van der Waals surface area contributed by atoms with E-state index in [4.69, 9.17) is 9.15 Å². The van der Waals surface area contributed by atoms with Crippen LogP contribution in [0, 0.1) is 5.82 Å². The average Bonchev–Trinajstić information content (AvgIpc) is 3.54. The minimum Gasteiger partial charge on any atom is -0.497 e. The number of nitrogens with zero attached hydrogens (tertiary/aromatic N) is 3. The van der Waals surface area contributed by atoms with E-state index in [9.17, 15) is 4.79 Å². The molecule has 1 aromatic heterocycles. The number of aromatic nitrogens is 2. The quantitative estimate of drug-likeness (QED) is 0.492. The Balaban J connectivity index is 1.56. The highest BCUT2D eigenvalue weighted by molar-refractivity contribution is 9.15. The molecule has 0 bridgehead atoms. The van der Waals surface area contributed by atoms with Gasteiger partial charge in [-0.15, -0.1) is 10.2 Å². The van der Waals surface area contributed by atoms with Crippen LogP contribution < -0.4 is 9.64 Å². The fourth-order valence-corrected chi connectivity index (χ4v) is 4.31. The van der Waals surface area contributed by atoms with Gasteiger partial charge in [0.2, 0.25) is 17.7 Å². The standard InChI is InChI=1S/C23H19BrFN3O3/c1-30-15-9-5-13(6-10-15)12-28-19(29)11-17(23-27-26-22(31-23)14-7-8-14)20(24)16-3-2-4-18(25)21(16)28/h2-6,9-10,14H,7-8,11-12H2,1H3. The molecule has 0 spiro atoms. The molecule has 1 amide bonds. The van der Waals surface area contributed by atoms with E-state index < -0.39 is 5.82 Å². The maximum atomic E-state index is 15.0. The van der Waals surface area contributed by atoms with Crippen molar-refractivity contribution in [2.45, 2.75) is 31.7 Å². The Bertz CT molecular complexity index is 1190. The zero-order valence-corrected chi connectivity index (χ0v) is 18.4. The van der Waals surface area contributed by atoms with Gasteiger partial charge in [0.05, 0.1) is 25.8 Å². The predicted molar refractivity (Wildman–Crippen MR) is 117 cm³/mol. The third kappa shape index (κ3) is 3.76. The minimum atomic E-state index is -0.471. The Morgan fingerprint density at radius 1 is 1.19 bits per heavy atom. The fraction of sp³-hybridized carbons (Fsp3) is 0.261. The van der Waals surface area contributed by atoms with Crippen LogP contribution in [0.15, 0.2) is 46.9 Å². The average molecular weight is 484 g/mol. The first kappa shape index (κ1) is 19.9. The number of methoxy groups -OCH3 is 1. The minimum absolute atomic E-state index is 0.0111. The van der Waals surface area contributed by atoms with Gasteiger partial charge < -0.3 is 14.1 Å². The molecule has 1 aliphatic heterocycles. The highest BCUT2D eigenvalue weighted by atomic mass is 79.9. The van der Waals surface area contributed by atoms with Gasteiger partial charge in [-0.2, -0.15) is 0 Å². The van der Waals surface area contributed by atoms with Gasteiger partial charge in [0, 0.05) is 21.5 Å². The zero-order chi connectivity index (χ0) is 21.5. The molecule has 0 unspecified atom stereocenters. The molecular weight excluding hydrogens is 465 g/mol. The van der Waals surface area contributed by atoms with E-state index in [2.05, 4.69) is 26.1 Å². The third-order valence-electron chi connectivity index (χ3n) is 5.51. The van der Waals surface area contributed by atoms with Crippen LogP contribution in [0.1, 0.15) is 48.1 Å². The van der Waals surface area contributed by atoms with E-state index in [1.807, 2.05) is 24.3 Å². The Kier molecular flexibility index (Phi) is 5.09. The molecule has 6 nitrogen and oxygen atoms in total. The highest BCUT2D eigenvalue weighted by Gasteiger charge is 2.34. The molecule has 1 fully saturated rings. The molecule has 1 aliphatic carbocycles. The molecule has 2 aliphatic rings. The van der Waals surface area contributed by atoms with Crippen molar-refractivity contribution >= 4 is 37.6 Å². The monoisotopic (exact) mass is 483 g/mol. The Hall–Kier alpha value is -3.00.